The number of aliphatic carboxylic acids is 1. The maximum atomic E-state index is 12.1. The summed E-state index contributed by atoms with van der Waals surface area (Å²) in [5, 5.41) is 18.9. The molecule has 0 aliphatic carbocycles. The molecule has 3 atom stereocenters. The summed E-state index contributed by atoms with van der Waals surface area (Å²) >= 11 is 0. The lowest BCUT2D eigenvalue weighted by molar-refractivity contribution is -0.153. The zero-order chi connectivity index (χ0) is 14.7. The van der Waals surface area contributed by atoms with Crippen molar-refractivity contribution in [1.29, 1.82) is 0 Å². The van der Waals surface area contributed by atoms with Crippen molar-refractivity contribution in [3.05, 3.63) is 30.1 Å². The van der Waals surface area contributed by atoms with Gasteiger partial charge in [-0.3, -0.25) is 14.6 Å². The van der Waals surface area contributed by atoms with E-state index in [0.29, 0.717) is 12.0 Å². The molecule has 0 spiro atoms. The van der Waals surface area contributed by atoms with Gasteiger partial charge in [-0.2, -0.15) is 0 Å². The maximum Gasteiger partial charge on any atom is 0.308 e. The van der Waals surface area contributed by atoms with Gasteiger partial charge in [0, 0.05) is 25.4 Å². The van der Waals surface area contributed by atoms with Gasteiger partial charge in [0.15, 0.2) is 0 Å². The predicted octanol–water partition coefficient (Wildman–Crippen LogP) is 0.827. The van der Waals surface area contributed by atoms with E-state index in [1.807, 2.05) is 0 Å². The Morgan fingerprint density at radius 3 is 2.90 bits per heavy atom. The number of aliphatic hydroxyl groups excluding tert-OH is 1. The minimum absolute atomic E-state index is 0.127. The second-order valence-corrected chi connectivity index (χ2v) is 5.11. The number of aromatic nitrogens is 1. The van der Waals surface area contributed by atoms with Crippen molar-refractivity contribution in [3.63, 3.8) is 0 Å². The molecule has 2 N–H and O–H groups in total. The van der Waals surface area contributed by atoms with Crippen LogP contribution in [-0.4, -0.2) is 44.6 Å². The van der Waals surface area contributed by atoms with Gasteiger partial charge in [0.25, 0.3) is 0 Å². The number of rotatable bonds is 4. The van der Waals surface area contributed by atoms with Crippen molar-refractivity contribution in [3.8, 4) is 0 Å². The molecule has 6 heteroatoms. The van der Waals surface area contributed by atoms with Gasteiger partial charge >= 0.3 is 5.97 Å². The van der Waals surface area contributed by atoms with Crippen molar-refractivity contribution >= 4 is 11.9 Å². The highest BCUT2D eigenvalue weighted by atomic mass is 16.4. The number of hydrogen-bond donors (Lipinski definition) is 2. The van der Waals surface area contributed by atoms with Crippen LogP contribution in [0.1, 0.15) is 31.4 Å². The van der Waals surface area contributed by atoms with E-state index in [0.717, 1.165) is 0 Å². The van der Waals surface area contributed by atoms with Crippen molar-refractivity contribution in [1.82, 2.24) is 9.88 Å². The van der Waals surface area contributed by atoms with E-state index in [1.165, 1.54) is 4.90 Å². The van der Waals surface area contributed by atoms with E-state index >= 15 is 0 Å². The number of carbonyl (C=O) groups is 2. The number of aliphatic hydroxyl groups is 1. The summed E-state index contributed by atoms with van der Waals surface area (Å²) < 4.78 is 0. The lowest BCUT2D eigenvalue weighted by Crippen LogP contribution is -2.47. The second kappa shape index (κ2) is 6.00. The third-order valence-corrected chi connectivity index (χ3v) is 3.51. The number of likely N-dealkylation sites (tertiary alicyclic amines) is 1. The zero-order valence-corrected chi connectivity index (χ0v) is 11.3. The van der Waals surface area contributed by atoms with Crippen LogP contribution in [0.5, 0.6) is 0 Å². The number of nitrogens with zero attached hydrogens (tertiary/aromatic N) is 2. The first-order chi connectivity index (χ1) is 9.50. The molecule has 6 nitrogen and oxygen atoms in total. The molecule has 1 saturated heterocycles. The first-order valence-electron chi connectivity index (χ1n) is 6.61. The topological polar surface area (TPSA) is 90.7 Å². The fourth-order valence-corrected chi connectivity index (χ4v) is 2.67. The Labute approximate surface area is 117 Å². The molecule has 1 aromatic rings. The van der Waals surface area contributed by atoms with Gasteiger partial charge in [-0.1, -0.05) is 6.07 Å². The van der Waals surface area contributed by atoms with Crippen LogP contribution in [0.3, 0.4) is 0 Å². The molecule has 1 unspecified atom stereocenters. The van der Waals surface area contributed by atoms with E-state index in [2.05, 4.69) is 4.98 Å². The number of carboxylic acids is 1. The highest BCUT2D eigenvalue weighted by Gasteiger charge is 2.41. The van der Waals surface area contributed by atoms with Crippen molar-refractivity contribution in [2.75, 3.05) is 6.54 Å². The summed E-state index contributed by atoms with van der Waals surface area (Å²) in [4.78, 5) is 29.0. The first kappa shape index (κ1) is 14.5. The molecule has 108 valence electrons. The van der Waals surface area contributed by atoms with Gasteiger partial charge in [0.1, 0.15) is 0 Å². The molecule has 1 fully saturated rings. The molecule has 2 rings (SSSR count). The Kier molecular flexibility index (Phi) is 4.34. The lowest BCUT2D eigenvalue weighted by atomic mass is 9.84. The molecular weight excluding hydrogens is 260 g/mol. The van der Waals surface area contributed by atoms with Gasteiger partial charge in [0.05, 0.1) is 18.1 Å². The Balaban J connectivity index is 2.39. The Morgan fingerprint density at radius 2 is 2.35 bits per heavy atom. The van der Waals surface area contributed by atoms with E-state index in [4.69, 9.17) is 0 Å². The third-order valence-electron chi connectivity index (χ3n) is 3.51. The smallest absolute Gasteiger partial charge is 0.308 e. The number of piperidine rings is 1. The van der Waals surface area contributed by atoms with E-state index in [1.54, 1.807) is 31.5 Å². The van der Waals surface area contributed by atoms with Crippen LogP contribution in [-0.2, 0) is 9.59 Å². The monoisotopic (exact) mass is 278 g/mol. The van der Waals surface area contributed by atoms with Gasteiger partial charge < -0.3 is 15.1 Å². The number of hydrogen-bond acceptors (Lipinski definition) is 4. The van der Waals surface area contributed by atoms with Crippen LogP contribution in [0.4, 0.5) is 0 Å². The number of β-amino-alcohol motifs (C(OH)–C–C–N with tert-alkyl or cyclic N) is 1. The summed E-state index contributed by atoms with van der Waals surface area (Å²) in [6, 6.07) is 2.91. The van der Waals surface area contributed by atoms with Crippen LogP contribution in [0.15, 0.2) is 24.5 Å². The Bertz CT molecular complexity index is 489. The fourth-order valence-electron chi connectivity index (χ4n) is 2.67. The Morgan fingerprint density at radius 1 is 1.60 bits per heavy atom. The zero-order valence-electron chi connectivity index (χ0n) is 11.3. The summed E-state index contributed by atoms with van der Waals surface area (Å²) in [5.41, 5.74) is 0.689. The predicted molar refractivity (Wildman–Crippen MR) is 70.7 cm³/mol. The summed E-state index contributed by atoms with van der Waals surface area (Å²) in [6.07, 6.45) is 2.98. The fraction of sp³-hybridized carbons (Fsp3) is 0.500. The van der Waals surface area contributed by atoms with Crippen molar-refractivity contribution < 1.29 is 19.8 Å². The average molecular weight is 278 g/mol. The van der Waals surface area contributed by atoms with Gasteiger partial charge in [-0.15, -0.1) is 0 Å². The van der Waals surface area contributed by atoms with Gasteiger partial charge in [0.2, 0.25) is 5.91 Å². The summed E-state index contributed by atoms with van der Waals surface area (Å²) in [5.74, 6) is -1.73. The lowest BCUT2D eigenvalue weighted by Gasteiger charge is -2.40. The standard InChI is InChI=1S/C14H18N2O4/c1-9(17)8-16-12(18)5-4-11(14(19)20)13(16)10-3-2-6-15-7-10/h2-3,6-7,9,11,13,17H,4-5,8H2,1H3,(H,19,20)/t9?,11-,13+/m1/s1. The largest absolute Gasteiger partial charge is 0.481 e. The molecule has 0 saturated carbocycles. The highest BCUT2D eigenvalue weighted by Crippen LogP contribution is 2.36. The molecular formula is C14H18N2O4. The number of pyridine rings is 1. The third kappa shape index (κ3) is 2.96. The average Bonchev–Trinajstić information content (AvgIpc) is 2.41. The molecule has 0 bridgehead atoms. The highest BCUT2D eigenvalue weighted by molar-refractivity contribution is 5.81. The number of carboxylic acid groups (broad SMARTS) is 1. The van der Waals surface area contributed by atoms with Crippen LogP contribution in [0.2, 0.25) is 0 Å². The van der Waals surface area contributed by atoms with Crippen molar-refractivity contribution in [2.45, 2.75) is 31.9 Å². The molecule has 0 radical (unpaired) electrons. The van der Waals surface area contributed by atoms with Gasteiger partial charge in [-0.05, 0) is 25.0 Å². The number of carbonyl (C=O) groups excluding carboxylic acids is 1. The Hall–Kier alpha value is -1.95. The van der Waals surface area contributed by atoms with Crippen molar-refractivity contribution in [2.24, 2.45) is 5.92 Å². The SMILES string of the molecule is CC(O)CN1C(=O)CC[C@@H](C(=O)O)[C@@H]1c1cccnc1. The molecule has 0 aromatic carbocycles. The van der Waals surface area contributed by atoms with E-state index in [-0.39, 0.29) is 18.9 Å². The molecule has 1 amide bonds. The summed E-state index contributed by atoms with van der Waals surface area (Å²) in [6.45, 7) is 1.71. The minimum atomic E-state index is -0.929. The van der Waals surface area contributed by atoms with Crippen LogP contribution < -0.4 is 0 Å². The van der Waals surface area contributed by atoms with E-state index in [9.17, 15) is 19.8 Å². The molecule has 1 aromatic heterocycles. The van der Waals surface area contributed by atoms with Crippen LogP contribution >= 0.6 is 0 Å². The molecule has 20 heavy (non-hydrogen) atoms. The molecule has 2 heterocycles. The molecule has 1 aliphatic heterocycles. The van der Waals surface area contributed by atoms with Gasteiger partial charge in [-0.25, -0.2) is 0 Å². The first-order valence-corrected chi connectivity index (χ1v) is 6.61. The second-order valence-electron chi connectivity index (χ2n) is 5.11. The quantitative estimate of drug-likeness (QED) is 0.851. The van der Waals surface area contributed by atoms with Crippen LogP contribution in [0.25, 0.3) is 0 Å². The molecule has 1 aliphatic rings. The minimum Gasteiger partial charge on any atom is -0.481 e. The van der Waals surface area contributed by atoms with Crippen LogP contribution in [0, 0.1) is 5.92 Å². The number of amides is 1. The maximum absolute atomic E-state index is 12.1. The normalized spacial score (nSPS) is 24.5. The summed E-state index contributed by atoms with van der Waals surface area (Å²) in [7, 11) is 0. The van der Waals surface area contributed by atoms with E-state index < -0.39 is 24.0 Å².